The summed E-state index contributed by atoms with van der Waals surface area (Å²) < 4.78 is 19.0. The smallest absolute Gasteiger partial charge is 0.300 e. The molecular formula is C25H18Cl2FNO4. The third-order valence-corrected chi connectivity index (χ3v) is 5.99. The van der Waals surface area contributed by atoms with E-state index < -0.39 is 23.5 Å². The molecule has 1 aliphatic heterocycles. The lowest BCUT2D eigenvalue weighted by molar-refractivity contribution is -0.132. The fourth-order valence-corrected chi connectivity index (χ4v) is 4.02. The van der Waals surface area contributed by atoms with Gasteiger partial charge >= 0.3 is 0 Å². The largest absolute Gasteiger partial charge is 0.507 e. The van der Waals surface area contributed by atoms with Gasteiger partial charge in [0.2, 0.25) is 0 Å². The number of aliphatic hydroxyl groups is 1. The monoisotopic (exact) mass is 485 g/mol. The van der Waals surface area contributed by atoms with E-state index in [0.29, 0.717) is 29.2 Å². The van der Waals surface area contributed by atoms with Gasteiger partial charge in [0.15, 0.2) is 0 Å². The lowest BCUT2D eigenvalue weighted by Gasteiger charge is -2.25. The molecule has 0 aromatic heterocycles. The van der Waals surface area contributed by atoms with Crippen LogP contribution in [0.5, 0.6) is 5.75 Å². The summed E-state index contributed by atoms with van der Waals surface area (Å²) in [5.74, 6) is -1.96. The Morgan fingerprint density at radius 1 is 1.00 bits per heavy atom. The van der Waals surface area contributed by atoms with E-state index in [1.54, 1.807) is 30.3 Å². The first-order valence-corrected chi connectivity index (χ1v) is 10.8. The highest BCUT2D eigenvalue weighted by Gasteiger charge is 2.47. The number of carbonyl (C=O) groups is 2. The molecule has 1 saturated heterocycles. The summed E-state index contributed by atoms with van der Waals surface area (Å²) in [5, 5.41) is 11.6. The molecule has 3 aromatic rings. The van der Waals surface area contributed by atoms with Crippen molar-refractivity contribution in [3.8, 4) is 5.75 Å². The number of benzene rings is 3. The number of ketones is 1. The maximum Gasteiger partial charge on any atom is 0.300 e. The van der Waals surface area contributed by atoms with Gasteiger partial charge in [-0.05, 0) is 67.1 Å². The van der Waals surface area contributed by atoms with Gasteiger partial charge < -0.3 is 9.84 Å². The molecule has 1 heterocycles. The lowest BCUT2D eigenvalue weighted by atomic mass is 9.95. The van der Waals surface area contributed by atoms with Gasteiger partial charge in [0.25, 0.3) is 11.7 Å². The molecule has 0 aliphatic carbocycles. The molecule has 168 valence electrons. The van der Waals surface area contributed by atoms with Gasteiger partial charge in [-0.3, -0.25) is 14.5 Å². The standard InChI is InChI=1S/C25H18Cl2FNO4/c1-2-33-18-10-5-15(6-11-18)23(30)21-22(14-3-7-16(28)8-4-14)29(25(32)24(21)31)17-9-12-19(26)20(27)13-17/h3-13,22,30H,2H2,1H3/b23-21+. The first-order chi connectivity index (χ1) is 15.8. The van der Waals surface area contributed by atoms with E-state index in [0.717, 1.165) is 0 Å². The van der Waals surface area contributed by atoms with Crippen molar-refractivity contribution in [2.24, 2.45) is 0 Å². The molecule has 33 heavy (non-hydrogen) atoms. The minimum Gasteiger partial charge on any atom is -0.507 e. The quantitative estimate of drug-likeness (QED) is 0.267. The van der Waals surface area contributed by atoms with E-state index in [9.17, 15) is 19.1 Å². The number of halogens is 3. The van der Waals surface area contributed by atoms with Crippen LogP contribution in [0.1, 0.15) is 24.1 Å². The Morgan fingerprint density at radius 2 is 1.67 bits per heavy atom. The topological polar surface area (TPSA) is 66.8 Å². The SMILES string of the molecule is CCOc1ccc(/C(O)=C2\C(=O)C(=O)N(c3ccc(Cl)c(Cl)c3)C2c2ccc(F)cc2)cc1. The Bertz CT molecular complexity index is 1260. The minimum atomic E-state index is -1.01. The van der Waals surface area contributed by atoms with Gasteiger partial charge in [-0.25, -0.2) is 4.39 Å². The second-order valence-corrected chi connectivity index (χ2v) is 8.09. The van der Waals surface area contributed by atoms with Crippen LogP contribution in [-0.4, -0.2) is 23.4 Å². The molecule has 0 bridgehead atoms. The van der Waals surface area contributed by atoms with Crippen LogP contribution in [0.25, 0.3) is 5.76 Å². The zero-order chi connectivity index (χ0) is 23.7. The number of amides is 1. The second kappa shape index (κ2) is 9.25. The molecule has 1 unspecified atom stereocenters. The molecule has 1 fully saturated rings. The van der Waals surface area contributed by atoms with Gasteiger partial charge in [0.05, 0.1) is 28.3 Å². The highest BCUT2D eigenvalue weighted by Crippen LogP contribution is 2.43. The first kappa shape index (κ1) is 22.8. The predicted molar refractivity (Wildman–Crippen MR) is 125 cm³/mol. The number of aliphatic hydroxyl groups excluding tert-OH is 1. The van der Waals surface area contributed by atoms with Crippen molar-refractivity contribution in [2.45, 2.75) is 13.0 Å². The van der Waals surface area contributed by atoms with E-state index >= 15 is 0 Å². The summed E-state index contributed by atoms with van der Waals surface area (Å²) in [4.78, 5) is 27.4. The molecule has 0 spiro atoms. The van der Waals surface area contributed by atoms with Crippen molar-refractivity contribution < 1.29 is 23.8 Å². The van der Waals surface area contributed by atoms with Crippen molar-refractivity contribution in [2.75, 3.05) is 11.5 Å². The van der Waals surface area contributed by atoms with Crippen LogP contribution in [0.4, 0.5) is 10.1 Å². The van der Waals surface area contributed by atoms with Gasteiger partial charge in [0.1, 0.15) is 17.3 Å². The number of Topliss-reactive ketones (excluding diaryl/α,β-unsaturated/α-hetero) is 1. The number of hydrogen-bond donors (Lipinski definition) is 1. The summed E-state index contributed by atoms with van der Waals surface area (Å²) in [6.07, 6.45) is 0. The Labute approximate surface area is 199 Å². The van der Waals surface area contributed by atoms with Crippen LogP contribution in [-0.2, 0) is 9.59 Å². The summed E-state index contributed by atoms with van der Waals surface area (Å²) >= 11 is 12.2. The third kappa shape index (κ3) is 4.32. The van der Waals surface area contributed by atoms with Gasteiger partial charge in [0, 0.05) is 11.3 Å². The van der Waals surface area contributed by atoms with E-state index in [-0.39, 0.29) is 21.4 Å². The van der Waals surface area contributed by atoms with Gasteiger partial charge in [-0.2, -0.15) is 0 Å². The highest BCUT2D eigenvalue weighted by molar-refractivity contribution is 6.52. The molecular weight excluding hydrogens is 468 g/mol. The van der Waals surface area contributed by atoms with Crippen molar-refractivity contribution in [3.63, 3.8) is 0 Å². The first-order valence-electron chi connectivity index (χ1n) is 10.1. The molecule has 5 nitrogen and oxygen atoms in total. The molecule has 8 heteroatoms. The zero-order valence-corrected chi connectivity index (χ0v) is 18.9. The lowest BCUT2D eigenvalue weighted by Crippen LogP contribution is -2.29. The molecule has 1 amide bonds. The van der Waals surface area contributed by atoms with Crippen LogP contribution in [0, 0.1) is 5.82 Å². The van der Waals surface area contributed by atoms with Crippen LogP contribution in [0.3, 0.4) is 0 Å². The van der Waals surface area contributed by atoms with Crippen LogP contribution in [0.2, 0.25) is 10.0 Å². The summed E-state index contributed by atoms with van der Waals surface area (Å²) in [5.41, 5.74) is 0.959. The number of carbonyl (C=O) groups excluding carboxylic acids is 2. The average molecular weight is 486 g/mol. The van der Waals surface area contributed by atoms with E-state index in [2.05, 4.69) is 0 Å². The number of anilines is 1. The van der Waals surface area contributed by atoms with Crippen LogP contribution < -0.4 is 9.64 Å². The molecule has 0 radical (unpaired) electrons. The van der Waals surface area contributed by atoms with Gasteiger partial charge in [-0.1, -0.05) is 35.3 Å². The Hall–Kier alpha value is -3.35. The van der Waals surface area contributed by atoms with Crippen LogP contribution >= 0.6 is 23.2 Å². The zero-order valence-electron chi connectivity index (χ0n) is 17.4. The predicted octanol–water partition coefficient (Wildman–Crippen LogP) is 6.16. The number of nitrogens with zero attached hydrogens (tertiary/aromatic N) is 1. The molecule has 0 saturated carbocycles. The van der Waals surface area contributed by atoms with E-state index in [1.165, 1.54) is 41.3 Å². The molecule has 4 rings (SSSR count). The fourth-order valence-electron chi connectivity index (χ4n) is 3.73. The van der Waals surface area contributed by atoms with Crippen LogP contribution in [0.15, 0.2) is 72.3 Å². The molecule has 1 aliphatic rings. The minimum absolute atomic E-state index is 0.123. The van der Waals surface area contributed by atoms with Crippen molar-refractivity contribution in [1.29, 1.82) is 0 Å². The normalized spacial score (nSPS) is 17.5. The third-order valence-electron chi connectivity index (χ3n) is 5.25. The number of ether oxygens (including phenoxy) is 1. The highest BCUT2D eigenvalue weighted by atomic mass is 35.5. The van der Waals surface area contributed by atoms with E-state index in [1.807, 2.05) is 6.92 Å². The fraction of sp³-hybridized carbons (Fsp3) is 0.120. The maximum absolute atomic E-state index is 13.6. The second-order valence-electron chi connectivity index (χ2n) is 7.28. The van der Waals surface area contributed by atoms with Crippen molar-refractivity contribution >= 4 is 46.3 Å². The van der Waals surface area contributed by atoms with Crippen molar-refractivity contribution in [3.05, 3.63) is 99.3 Å². The summed E-state index contributed by atoms with van der Waals surface area (Å²) in [6, 6.07) is 15.4. The molecule has 3 aromatic carbocycles. The average Bonchev–Trinajstić information content (AvgIpc) is 3.07. The van der Waals surface area contributed by atoms with Gasteiger partial charge in [-0.15, -0.1) is 0 Å². The van der Waals surface area contributed by atoms with Crippen molar-refractivity contribution in [1.82, 2.24) is 0 Å². The molecule has 1 N–H and O–H groups in total. The Morgan fingerprint density at radius 3 is 2.27 bits per heavy atom. The Balaban J connectivity index is 1.89. The Kier molecular flexibility index (Phi) is 6.40. The summed E-state index contributed by atoms with van der Waals surface area (Å²) in [7, 11) is 0. The maximum atomic E-state index is 13.6. The van der Waals surface area contributed by atoms with E-state index in [4.69, 9.17) is 27.9 Å². The number of rotatable bonds is 5. The molecule has 1 atom stereocenters. The summed E-state index contributed by atoms with van der Waals surface area (Å²) in [6.45, 7) is 2.33. The number of hydrogen-bond acceptors (Lipinski definition) is 4.